The quantitative estimate of drug-likeness (QED) is 0.181. The lowest BCUT2D eigenvalue weighted by Crippen LogP contribution is -2.32. The van der Waals surface area contributed by atoms with E-state index in [9.17, 15) is 0 Å². The minimum atomic E-state index is -0.553. The first-order chi connectivity index (χ1) is 25.5. The van der Waals surface area contributed by atoms with Crippen LogP contribution in [0.4, 0.5) is 0 Å². The maximum atomic E-state index is 6.72. The monoisotopic (exact) mass is 689 g/mol. The van der Waals surface area contributed by atoms with Gasteiger partial charge in [-0.2, -0.15) is 4.98 Å². The van der Waals surface area contributed by atoms with Gasteiger partial charge in [-0.3, -0.25) is 9.55 Å². The fourth-order valence-electron chi connectivity index (χ4n) is 8.43. The molecule has 0 atom stereocenters. The van der Waals surface area contributed by atoms with Gasteiger partial charge in [0.25, 0.3) is 0 Å². The minimum Gasteiger partial charge on any atom is -0.439 e. The highest BCUT2D eigenvalue weighted by Crippen LogP contribution is 2.58. The molecule has 0 N–H and O–H groups in total. The van der Waals surface area contributed by atoms with Crippen LogP contribution in [0.5, 0.6) is 11.6 Å². The van der Waals surface area contributed by atoms with Gasteiger partial charge in [-0.1, -0.05) is 139 Å². The standard InChI is InChI=1S/C49H43N3O/c1-47(2,3)34-20-15-21-35(30-34)52-42-23-14-13-22-37(42)38-25-27-43(51-46(38)52)53-36-24-26-40-39(31-36)45-44(41(28-29-50-45)48(4,5)6)49(40,32-16-9-7-10-17-32)33-18-11-8-12-19-33/h7-31H,1-6H3. The van der Waals surface area contributed by atoms with Gasteiger partial charge in [0.1, 0.15) is 11.4 Å². The zero-order valence-corrected chi connectivity index (χ0v) is 31.2. The number of para-hydroxylation sites is 1. The van der Waals surface area contributed by atoms with E-state index < -0.39 is 5.41 Å². The first-order valence-electron chi connectivity index (χ1n) is 18.5. The largest absolute Gasteiger partial charge is 0.439 e. The molecule has 0 aliphatic heterocycles. The van der Waals surface area contributed by atoms with Crippen molar-refractivity contribution in [2.75, 3.05) is 0 Å². The molecule has 3 aromatic heterocycles. The minimum absolute atomic E-state index is 0.0176. The Labute approximate surface area is 311 Å². The van der Waals surface area contributed by atoms with Gasteiger partial charge in [0, 0.05) is 39.8 Å². The first-order valence-corrected chi connectivity index (χ1v) is 18.5. The molecule has 4 nitrogen and oxygen atoms in total. The normalized spacial score (nSPS) is 13.6. The smallest absolute Gasteiger partial charge is 0.221 e. The summed E-state index contributed by atoms with van der Waals surface area (Å²) in [5, 5.41) is 2.25. The third-order valence-electron chi connectivity index (χ3n) is 10.9. The second kappa shape index (κ2) is 12.0. The fraction of sp³-hybridized carbons (Fsp3) is 0.184. The van der Waals surface area contributed by atoms with Crippen LogP contribution < -0.4 is 4.74 Å². The van der Waals surface area contributed by atoms with Gasteiger partial charge < -0.3 is 4.74 Å². The zero-order valence-electron chi connectivity index (χ0n) is 31.2. The van der Waals surface area contributed by atoms with Crippen LogP contribution in [0, 0.1) is 0 Å². The summed E-state index contributed by atoms with van der Waals surface area (Å²) in [5.41, 5.74) is 11.9. The highest BCUT2D eigenvalue weighted by Gasteiger charge is 2.49. The third kappa shape index (κ3) is 5.19. The van der Waals surface area contributed by atoms with Gasteiger partial charge >= 0.3 is 0 Å². The predicted molar refractivity (Wildman–Crippen MR) is 218 cm³/mol. The van der Waals surface area contributed by atoms with Gasteiger partial charge in [0.05, 0.1) is 16.6 Å². The van der Waals surface area contributed by atoms with Crippen molar-refractivity contribution in [3.05, 3.63) is 185 Å². The Bertz CT molecular complexity index is 2620. The van der Waals surface area contributed by atoms with Crippen molar-refractivity contribution in [3.8, 4) is 28.6 Å². The van der Waals surface area contributed by atoms with Crippen molar-refractivity contribution in [2.45, 2.75) is 57.8 Å². The van der Waals surface area contributed by atoms with Gasteiger partial charge in [0.15, 0.2) is 0 Å². The zero-order chi connectivity index (χ0) is 36.5. The van der Waals surface area contributed by atoms with E-state index in [2.05, 4.69) is 186 Å². The average molecular weight is 690 g/mol. The van der Waals surface area contributed by atoms with E-state index in [1.54, 1.807) is 0 Å². The number of fused-ring (bicyclic) bond motifs is 6. The van der Waals surface area contributed by atoms with Crippen LogP contribution in [-0.2, 0) is 16.2 Å². The van der Waals surface area contributed by atoms with Gasteiger partial charge in [-0.15, -0.1) is 0 Å². The molecule has 260 valence electrons. The van der Waals surface area contributed by atoms with Gasteiger partial charge in [-0.05, 0) is 81.1 Å². The Balaban J connectivity index is 1.23. The summed E-state index contributed by atoms with van der Waals surface area (Å²) in [6, 6.07) is 51.9. The van der Waals surface area contributed by atoms with E-state index in [1.165, 1.54) is 33.4 Å². The summed E-state index contributed by atoms with van der Waals surface area (Å²) in [6.45, 7) is 13.6. The van der Waals surface area contributed by atoms with Crippen molar-refractivity contribution < 1.29 is 4.74 Å². The van der Waals surface area contributed by atoms with Crippen LogP contribution in [0.2, 0.25) is 0 Å². The van der Waals surface area contributed by atoms with E-state index >= 15 is 0 Å². The van der Waals surface area contributed by atoms with Crippen LogP contribution >= 0.6 is 0 Å². The SMILES string of the molecule is CC(C)(C)c1cccc(-n2c3ccccc3c3ccc(Oc4ccc5c(c4)-c4nccc(C(C)(C)C)c4C5(c4ccccc4)c4ccccc4)nc32)c1. The number of ether oxygens (including phenoxy) is 1. The van der Waals surface area contributed by atoms with E-state index in [0.717, 1.165) is 44.6 Å². The lowest BCUT2D eigenvalue weighted by molar-refractivity contribution is 0.464. The molecule has 1 aliphatic rings. The van der Waals surface area contributed by atoms with Crippen LogP contribution in [0.1, 0.15) is 74.9 Å². The Kier molecular flexibility index (Phi) is 7.46. The molecule has 4 heteroatoms. The van der Waals surface area contributed by atoms with Crippen LogP contribution in [0.15, 0.2) is 152 Å². The van der Waals surface area contributed by atoms with Crippen molar-refractivity contribution in [3.63, 3.8) is 0 Å². The molecular formula is C49H43N3O. The molecule has 8 aromatic rings. The average Bonchev–Trinajstić information content (AvgIpc) is 3.65. The molecule has 53 heavy (non-hydrogen) atoms. The Morgan fingerprint density at radius 1 is 0.604 bits per heavy atom. The van der Waals surface area contributed by atoms with Crippen molar-refractivity contribution >= 4 is 21.9 Å². The number of hydrogen-bond donors (Lipinski definition) is 0. The van der Waals surface area contributed by atoms with Crippen molar-refractivity contribution in [1.29, 1.82) is 0 Å². The third-order valence-corrected chi connectivity index (χ3v) is 10.9. The van der Waals surface area contributed by atoms with Crippen LogP contribution in [-0.4, -0.2) is 14.5 Å². The summed E-state index contributed by atoms with van der Waals surface area (Å²) < 4.78 is 8.98. The number of pyridine rings is 2. The Morgan fingerprint density at radius 2 is 1.30 bits per heavy atom. The lowest BCUT2D eigenvalue weighted by atomic mass is 9.64. The molecule has 0 unspecified atom stereocenters. The molecule has 0 fully saturated rings. The molecule has 9 rings (SSSR count). The fourth-order valence-corrected chi connectivity index (χ4v) is 8.43. The molecule has 3 heterocycles. The maximum Gasteiger partial charge on any atom is 0.221 e. The molecule has 0 saturated heterocycles. The topological polar surface area (TPSA) is 39.9 Å². The van der Waals surface area contributed by atoms with E-state index in [0.29, 0.717) is 5.88 Å². The first kappa shape index (κ1) is 32.9. The molecule has 0 amide bonds. The molecule has 5 aromatic carbocycles. The lowest BCUT2D eigenvalue weighted by Gasteiger charge is -2.37. The van der Waals surface area contributed by atoms with E-state index in [4.69, 9.17) is 14.7 Å². The number of benzene rings is 5. The number of aromatic nitrogens is 3. The second-order valence-electron chi connectivity index (χ2n) is 16.3. The maximum absolute atomic E-state index is 6.72. The van der Waals surface area contributed by atoms with Crippen LogP contribution in [0.3, 0.4) is 0 Å². The second-order valence-corrected chi connectivity index (χ2v) is 16.3. The summed E-state index contributed by atoms with van der Waals surface area (Å²) in [5.74, 6) is 1.26. The van der Waals surface area contributed by atoms with Gasteiger partial charge in [0.2, 0.25) is 5.88 Å². The molecule has 0 saturated carbocycles. The molecule has 0 radical (unpaired) electrons. The van der Waals surface area contributed by atoms with Crippen LogP contribution in [0.25, 0.3) is 38.9 Å². The van der Waals surface area contributed by atoms with E-state index in [-0.39, 0.29) is 10.8 Å². The Hall–Kier alpha value is -6.00. The highest BCUT2D eigenvalue weighted by molar-refractivity contribution is 6.08. The van der Waals surface area contributed by atoms with Crippen molar-refractivity contribution in [1.82, 2.24) is 14.5 Å². The van der Waals surface area contributed by atoms with E-state index in [1.807, 2.05) is 12.3 Å². The number of nitrogens with zero attached hydrogens (tertiary/aromatic N) is 3. The molecular weight excluding hydrogens is 647 g/mol. The predicted octanol–water partition coefficient (Wildman–Crippen LogP) is 12.3. The Morgan fingerprint density at radius 3 is 2.00 bits per heavy atom. The van der Waals surface area contributed by atoms with Gasteiger partial charge in [-0.25, -0.2) is 0 Å². The number of hydrogen-bond acceptors (Lipinski definition) is 3. The molecule has 1 aliphatic carbocycles. The molecule has 0 spiro atoms. The summed E-state index contributed by atoms with van der Waals surface area (Å²) >= 11 is 0. The summed E-state index contributed by atoms with van der Waals surface area (Å²) in [6.07, 6.45) is 1.96. The summed E-state index contributed by atoms with van der Waals surface area (Å²) in [7, 11) is 0. The summed E-state index contributed by atoms with van der Waals surface area (Å²) in [4.78, 5) is 10.3. The molecule has 0 bridgehead atoms. The number of rotatable bonds is 5. The van der Waals surface area contributed by atoms with Crippen molar-refractivity contribution in [2.24, 2.45) is 0 Å². The highest BCUT2D eigenvalue weighted by atomic mass is 16.5.